The molecule has 0 fully saturated rings. The molecule has 0 aliphatic heterocycles. The van der Waals surface area contributed by atoms with Gasteiger partial charge in [-0.1, -0.05) is 11.6 Å². The van der Waals surface area contributed by atoms with Crippen LogP contribution in [0.1, 0.15) is 16.2 Å². The molecule has 19 heavy (non-hydrogen) atoms. The lowest BCUT2D eigenvalue weighted by Crippen LogP contribution is -2.18. The number of nitrogens with zero attached hydrogens (tertiary/aromatic N) is 2. The Kier molecular flexibility index (Phi) is 3.44. The van der Waals surface area contributed by atoms with Crippen LogP contribution in [0.5, 0.6) is 0 Å². The Labute approximate surface area is 114 Å². The zero-order chi connectivity index (χ0) is 14.2. The van der Waals surface area contributed by atoms with Crippen molar-refractivity contribution >= 4 is 28.9 Å². The summed E-state index contributed by atoms with van der Waals surface area (Å²) in [6.07, 6.45) is 0. The van der Waals surface area contributed by atoms with Crippen molar-refractivity contribution in [3.8, 4) is 0 Å². The minimum atomic E-state index is -0.574. The summed E-state index contributed by atoms with van der Waals surface area (Å²) in [4.78, 5) is 12.1. The fourth-order valence-electron chi connectivity index (χ4n) is 1.72. The highest BCUT2D eigenvalue weighted by Crippen LogP contribution is 2.22. The monoisotopic (exact) mass is 282 g/mol. The molecule has 0 saturated heterocycles. The zero-order valence-electron chi connectivity index (χ0n) is 10.4. The maximum absolute atomic E-state index is 13.5. The van der Waals surface area contributed by atoms with E-state index in [2.05, 4.69) is 10.4 Å². The van der Waals surface area contributed by atoms with E-state index in [1.54, 1.807) is 14.0 Å². The molecule has 0 spiro atoms. The van der Waals surface area contributed by atoms with Gasteiger partial charge in [-0.05, 0) is 25.1 Å². The number of aryl methyl sites for hydroxylation is 2. The highest BCUT2D eigenvalue weighted by atomic mass is 35.5. The van der Waals surface area contributed by atoms with Crippen molar-refractivity contribution in [1.29, 1.82) is 0 Å². The van der Waals surface area contributed by atoms with Gasteiger partial charge in [0.15, 0.2) is 0 Å². The molecule has 0 bridgehead atoms. The third kappa shape index (κ3) is 2.53. The average Bonchev–Trinajstić information content (AvgIpc) is 2.58. The average molecular weight is 283 g/mol. The van der Waals surface area contributed by atoms with Gasteiger partial charge in [-0.15, -0.1) is 0 Å². The Morgan fingerprint density at radius 1 is 1.53 bits per heavy atom. The van der Waals surface area contributed by atoms with Gasteiger partial charge in [0.2, 0.25) is 0 Å². The third-order valence-electron chi connectivity index (χ3n) is 2.66. The van der Waals surface area contributed by atoms with Crippen molar-refractivity contribution < 1.29 is 9.18 Å². The summed E-state index contributed by atoms with van der Waals surface area (Å²) >= 11 is 5.75. The number of benzene rings is 1. The van der Waals surface area contributed by atoms with E-state index in [0.29, 0.717) is 10.7 Å². The van der Waals surface area contributed by atoms with E-state index in [9.17, 15) is 9.18 Å². The van der Waals surface area contributed by atoms with E-state index in [1.165, 1.54) is 22.9 Å². The summed E-state index contributed by atoms with van der Waals surface area (Å²) in [5.74, 6) is -1.11. The summed E-state index contributed by atoms with van der Waals surface area (Å²) in [7, 11) is 1.59. The van der Waals surface area contributed by atoms with Gasteiger partial charge in [-0.2, -0.15) is 5.10 Å². The number of nitrogens with two attached hydrogens (primary N) is 1. The SMILES string of the molecule is Cc1nn(C)c(C(=O)Nc2cc(Cl)ccc2F)c1N. The van der Waals surface area contributed by atoms with Crippen LogP contribution < -0.4 is 11.1 Å². The molecule has 2 rings (SSSR count). The number of anilines is 2. The number of carbonyl (C=O) groups is 1. The zero-order valence-corrected chi connectivity index (χ0v) is 11.1. The number of aromatic nitrogens is 2. The second-order valence-corrected chi connectivity index (χ2v) is 4.49. The summed E-state index contributed by atoms with van der Waals surface area (Å²) in [6, 6.07) is 3.90. The molecule has 1 heterocycles. The van der Waals surface area contributed by atoms with Crippen molar-refractivity contribution in [2.24, 2.45) is 7.05 Å². The highest BCUT2D eigenvalue weighted by molar-refractivity contribution is 6.31. The molecule has 0 unspecified atom stereocenters. The van der Waals surface area contributed by atoms with E-state index >= 15 is 0 Å². The normalized spacial score (nSPS) is 10.5. The van der Waals surface area contributed by atoms with E-state index in [-0.39, 0.29) is 17.1 Å². The van der Waals surface area contributed by atoms with Gasteiger partial charge in [0.25, 0.3) is 5.91 Å². The van der Waals surface area contributed by atoms with Crippen LogP contribution >= 0.6 is 11.6 Å². The van der Waals surface area contributed by atoms with Gasteiger partial charge < -0.3 is 11.1 Å². The van der Waals surface area contributed by atoms with Gasteiger partial charge in [0.05, 0.1) is 17.1 Å². The van der Waals surface area contributed by atoms with Crippen molar-refractivity contribution in [2.75, 3.05) is 11.1 Å². The fourth-order valence-corrected chi connectivity index (χ4v) is 1.89. The molecule has 1 aromatic carbocycles. The number of carbonyl (C=O) groups excluding carboxylic acids is 1. The Bertz CT molecular complexity index is 653. The second-order valence-electron chi connectivity index (χ2n) is 4.05. The quantitative estimate of drug-likeness (QED) is 0.888. The van der Waals surface area contributed by atoms with Crippen molar-refractivity contribution in [1.82, 2.24) is 9.78 Å². The lowest BCUT2D eigenvalue weighted by molar-refractivity contribution is 0.101. The molecule has 0 aliphatic carbocycles. The van der Waals surface area contributed by atoms with Crippen LogP contribution in [-0.4, -0.2) is 15.7 Å². The first-order valence-corrected chi connectivity index (χ1v) is 5.83. The maximum atomic E-state index is 13.5. The number of nitrogens with one attached hydrogen (secondary N) is 1. The van der Waals surface area contributed by atoms with Gasteiger partial charge in [-0.25, -0.2) is 4.39 Å². The number of nitrogen functional groups attached to an aromatic ring is 1. The summed E-state index contributed by atoms with van der Waals surface area (Å²) < 4.78 is 14.9. The van der Waals surface area contributed by atoms with Crippen molar-refractivity contribution in [3.63, 3.8) is 0 Å². The molecule has 7 heteroatoms. The molecule has 1 aromatic heterocycles. The molecule has 0 saturated carbocycles. The summed E-state index contributed by atoms with van der Waals surface area (Å²) in [5.41, 5.74) is 6.74. The largest absolute Gasteiger partial charge is 0.395 e. The van der Waals surface area contributed by atoms with E-state index in [4.69, 9.17) is 17.3 Å². The number of halogens is 2. The predicted molar refractivity (Wildman–Crippen MR) is 71.7 cm³/mol. The number of hydrogen-bond donors (Lipinski definition) is 2. The Balaban J connectivity index is 2.33. The molecule has 2 aromatic rings. The van der Waals surface area contributed by atoms with E-state index < -0.39 is 11.7 Å². The molecular formula is C12H12ClFN4O. The molecule has 5 nitrogen and oxygen atoms in total. The predicted octanol–water partition coefficient (Wildman–Crippen LogP) is 2.36. The van der Waals surface area contributed by atoms with E-state index in [0.717, 1.165) is 0 Å². The smallest absolute Gasteiger partial charge is 0.276 e. The molecule has 0 atom stereocenters. The summed E-state index contributed by atoms with van der Waals surface area (Å²) in [5, 5.41) is 6.77. The van der Waals surface area contributed by atoms with Crippen LogP contribution in [0.25, 0.3) is 0 Å². The molecular weight excluding hydrogens is 271 g/mol. The van der Waals surface area contributed by atoms with Crippen molar-refractivity contribution in [3.05, 3.63) is 40.4 Å². The second kappa shape index (κ2) is 4.89. The topological polar surface area (TPSA) is 72.9 Å². The molecule has 3 N–H and O–H groups in total. The molecule has 0 radical (unpaired) electrons. The minimum absolute atomic E-state index is 0.00393. The highest BCUT2D eigenvalue weighted by Gasteiger charge is 2.19. The first-order valence-electron chi connectivity index (χ1n) is 5.45. The van der Waals surface area contributed by atoms with Crippen LogP contribution in [-0.2, 0) is 7.05 Å². The fraction of sp³-hybridized carbons (Fsp3) is 0.167. The van der Waals surface area contributed by atoms with Crippen LogP contribution in [0.3, 0.4) is 0 Å². The Morgan fingerprint density at radius 3 is 2.79 bits per heavy atom. The van der Waals surface area contributed by atoms with Crippen LogP contribution in [0, 0.1) is 12.7 Å². The lowest BCUT2D eigenvalue weighted by Gasteiger charge is -2.07. The van der Waals surface area contributed by atoms with Gasteiger partial charge in [-0.3, -0.25) is 9.48 Å². The Hall–Kier alpha value is -2.08. The standard InChI is InChI=1S/C12H12ClFN4O/c1-6-10(15)11(18(2)17-6)12(19)16-9-5-7(13)3-4-8(9)14/h3-5H,15H2,1-2H3,(H,16,19). The lowest BCUT2D eigenvalue weighted by atomic mass is 10.2. The van der Waals surface area contributed by atoms with Gasteiger partial charge in [0, 0.05) is 12.1 Å². The van der Waals surface area contributed by atoms with E-state index in [1.807, 2.05) is 0 Å². The Morgan fingerprint density at radius 2 is 2.21 bits per heavy atom. The maximum Gasteiger partial charge on any atom is 0.276 e. The van der Waals surface area contributed by atoms with Crippen LogP contribution in [0.2, 0.25) is 5.02 Å². The van der Waals surface area contributed by atoms with Gasteiger partial charge in [0.1, 0.15) is 11.5 Å². The molecule has 100 valence electrons. The number of rotatable bonds is 2. The molecule has 1 amide bonds. The van der Waals surface area contributed by atoms with Gasteiger partial charge >= 0.3 is 0 Å². The first-order chi connectivity index (χ1) is 8.90. The third-order valence-corrected chi connectivity index (χ3v) is 2.90. The number of amides is 1. The van der Waals surface area contributed by atoms with Crippen LogP contribution in [0.4, 0.5) is 15.8 Å². The first kappa shape index (κ1) is 13.4. The molecule has 0 aliphatic rings. The minimum Gasteiger partial charge on any atom is -0.395 e. The summed E-state index contributed by atoms with van der Waals surface area (Å²) in [6.45, 7) is 1.69. The van der Waals surface area contributed by atoms with Crippen LogP contribution in [0.15, 0.2) is 18.2 Å². The number of hydrogen-bond acceptors (Lipinski definition) is 3. The van der Waals surface area contributed by atoms with Crippen molar-refractivity contribution in [2.45, 2.75) is 6.92 Å².